The summed E-state index contributed by atoms with van der Waals surface area (Å²) in [5.74, 6) is 0.0134. The Labute approximate surface area is 193 Å². The Morgan fingerprint density at radius 1 is 0.548 bits per heavy atom. The van der Waals surface area contributed by atoms with Crippen LogP contribution in [0.3, 0.4) is 0 Å². The van der Waals surface area contributed by atoms with E-state index in [0.29, 0.717) is 26.2 Å². The quantitative estimate of drug-likeness (QED) is 0.137. The number of esters is 1. The van der Waals surface area contributed by atoms with E-state index in [-0.39, 0.29) is 19.2 Å². The SMILES string of the molecule is CCCCCCCCCCCCCC(=O)OCCCCCCCC.OCCOCCO. The zero-order chi connectivity index (χ0) is 23.3. The maximum Gasteiger partial charge on any atom is 0.305 e. The minimum absolute atomic E-state index is 0.0134. The molecule has 0 aromatic rings. The molecule has 0 unspecified atom stereocenters. The number of carbonyl (C=O) groups is 1. The number of carbonyl (C=O) groups excluding carboxylic acids is 1. The summed E-state index contributed by atoms with van der Waals surface area (Å²) < 4.78 is 9.93. The van der Waals surface area contributed by atoms with E-state index in [2.05, 4.69) is 18.6 Å². The minimum atomic E-state index is 0.0134. The lowest BCUT2D eigenvalue weighted by Gasteiger charge is -2.05. The second-order valence-corrected chi connectivity index (χ2v) is 8.33. The summed E-state index contributed by atoms with van der Waals surface area (Å²) in [5.41, 5.74) is 0. The second-order valence-electron chi connectivity index (χ2n) is 8.33. The molecule has 0 rings (SSSR count). The predicted molar refractivity (Wildman–Crippen MR) is 130 cm³/mol. The highest BCUT2D eigenvalue weighted by Gasteiger charge is 2.02. The third-order valence-corrected chi connectivity index (χ3v) is 5.22. The molecule has 0 heterocycles. The van der Waals surface area contributed by atoms with Crippen LogP contribution in [-0.2, 0) is 14.3 Å². The molecule has 0 atom stereocenters. The van der Waals surface area contributed by atoms with Crippen LogP contribution in [0.25, 0.3) is 0 Å². The Morgan fingerprint density at radius 3 is 1.35 bits per heavy atom. The van der Waals surface area contributed by atoms with Gasteiger partial charge in [0.1, 0.15) is 0 Å². The van der Waals surface area contributed by atoms with Crippen LogP contribution >= 0.6 is 0 Å². The molecular weight excluding hydrogens is 392 g/mol. The van der Waals surface area contributed by atoms with Gasteiger partial charge in [-0.1, -0.05) is 110 Å². The predicted octanol–water partition coefficient (Wildman–Crippen LogP) is 6.58. The first-order chi connectivity index (χ1) is 15.2. The van der Waals surface area contributed by atoms with E-state index in [4.69, 9.17) is 14.9 Å². The van der Waals surface area contributed by atoms with Gasteiger partial charge < -0.3 is 19.7 Å². The maximum atomic E-state index is 11.6. The molecule has 0 aromatic carbocycles. The highest BCUT2D eigenvalue weighted by Crippen LogP contribution is 2.12. The van der Waals surface area contributed by atoms with Gasteiger partial charge in [0.15, 0.2) is 0 Å². The molecule has 0 spiro atoms. The fraction of sp³-hybridized carbons (Fsp3) is 0.962. The smallest absolute Gasteiger partial charge is 0.305 e. The van der Waals surface area contributed by atoms with E-state index in [9.17, 15) is 4.79 Å². The second kappa shape index (κ2) is 31.5. The topological polar surface area (TPSA) is 76.0 Å². The lowest BCUT2D eigenvalue weighted by molar-refractivity contribution is -0.143. The van der Waals surface area contributed by atoms with Gasteiger partial charge in [-0.05, 0) is 12.8 Å². The Morgan fingerprint density at radius 2 is 0.935 bits per heavy atom. The molecule has 0 saturated heterocycles. The summed E-state index contributed by atoms with van der Waals surface area (Å²) in [6.07, 6.45) is 22.6. The van der Waals surface area contributed by atoms with Crippen LogP contribution in [0, 0.1) is 0 Å². The van der Waals surface area contributed by atoms with Gasteiger partial charge in [0.25, 0.3) is 0 Å². The van der Waals surface area contributed by atoms with Gasteiger partial charge >= 0.3 is 5.97 Å². The number of rotatable bonds is 23. The van der Waals surface area contributed by atoms with Crippen molar-refractivity contribution in [1.82, 2.24) is 0 Å². The molecule has 188 valence electrons. The van der Waals surface area contributed by atoms with Crippen LogP contribution in [0.5, 0.6) is 0 Å². The fourth-order valence-corrected chi connectivity index (χ4v) is 3.31. The number of hydrogen-bond acceptors (Lipinski definition) is 5. The molecule has 31 heavy (non-hydrogen) atoms. The molecule has 0 fully saturated rings. The summed E-state index contributed by atoms with van der Waals surface area (Å²) in [5, 5.41) is 16.2. The zero-order valence-electron chi connectivity index (χ0n) is 20.9. The molecule has 5 nitrogen and oxygen atoms in total. The third-order valence-electron chi connectivity index (χ3n) is 5.22. The first-order valence-electron chi connectivity index (χ1n) is 13.2. The van der Waals surface area contributed by atoms with Crippen molar-refractivity contribution < 1.29 is 24.5 Å². The molecule has 2 N–H and O–H groups in total. The van der Waals surface area contributed by atoms with E-state index in [1.54, 1.807) is 0 Å². The molecule has 0 amide bonds. The highest BCUT2D eigenvalue weighted by atomic mass is 16.5. The molecule has 0 saturated carbocycles. The fourth-order valence-electron chi connectivity index (χ4n) is 3.31. The monoisotopic (exact) mass is 446 g/mol. The first kappa shape index (κ1) is 32.5. The van der Waals surface area contributed by atoms with Crippen molar-refractivity contribution in [1.29, 1.82) is 0 Å². The maximum absolute atomic E-state index is 11.6. The number of aliphatic hydroxyl groups is 2. The Balaban J connectivity index is 0. The van der Waals surface area contributed by atoms with Crippen molar-refractivity contribution in [3.8, 4) is 0 Å². The number of ether oxygens (including phenoxy) is 2. The van der Waals surface area contributed by atoms with Gasteiger partial charge in [0.05, 0.1) is 33.0 Å². The van der Waals surface area contributed by atoms with Gasteiger partial charge in [0, 0.05) is 6.42 Å². The largest absolute Gasteiger partial charge is 0.466 e. The zero-order valence-corrected chi connectivity index (χ0v) is 20.9. The van der Waals surface area contributed by atoms with Crippen LogP contribution in [-0.4, -0.2) is 49.2 Å². The summed E-state index contributed by atoms with van der Waals surface area (Å²) in [6, 6.07) is 0. The van der Waals surface area contributed by atoms with Crippen LogP contribution in [0.1, 0.15) is 129 Å². The van der Waals surface area contributed by atoms with Crippen molar-refractivity contribution in [3.05, 3.63) is 0 Å². The lowest BCUT2D eigenvalue weighted by atomic mass is 10.1. The van der Waals surface area contributed by atoms with Gasteiger partial charge in [-0.3, -0.25) is 4.79 Å². The summed E-state index contributed by atoms with van der Waals surface area (Å²) in [7, 11) is 0. The highest BCUT2D eigenvalue weighted by molar-refractivity contribution is 5.69. The van der Waals surface area contributed by atoms with Crippen molar-refractivity contribution in [2.75, 3.05) is 33.0 Å². The van der Waals surface area contributed by atoms with Crippen molar-refractivity contribution >= 4 is 5.97 Å². The molecule has 5 heteroatoms. The number of hydrogen-bond donors (Lipinski definition) is 2. The minimum Gasteiger partial charge on any atom is -0.466 e. The van der Waals surface area contributed by atoms with Gasteiger partial charge in [-0.2, -0.15) is 0 Å². The third kappa shape index (κ3) is 34.2. The van der Waals surface area contributed by atoms with E-state index in [1.165, 1.54) is 96.3 Å². The lowest BCUT2D eigenvalue weighted by Crippen LogP contribution is -2.05. The normalized spacial score (nSPS) is 10.6. The molecule has 0 aliphatic heterocycles. The molecular formula is C26H54O5. The van der Waals surface area contributed by atoms with Crippen LogP contribution in [0.15, 0.2) is 0 Å². The first-order valence-corrected chi connectivity index (χ1v) is 13.2. The average Bonchev–Trinajstić information content (AvgIpc) is 2.77. The molecule has 0 aliphatic carbocycles. The van der Waals surface area contributed by atoms with E-state index < -0.39 is 0 Å². The van der Waals surface area contributed by atoms with Gasteiger partial charge in [-0.15, -0.1) is 0 Å². The summed E-state index contributed by atoms with van der Waals surface area (Å²) in [6.45, 7) is 5.82. The Bertz CT molecular complexity index is 319. The van der Waals surface area contributed by atoms with Gasteiger partial charge in [-0.25, -0.2) is 0 Å². The summed E-state index contributed by atoms with van der Waals surface area (Å²) >= 11 is 0. The molecule has 0 aliphatic rings. The van der Waals surface area contributed by atoms with Crippen molar-refractivity contribution in [2.45, 2.75) is 129 Å². The van der Waals surface area contributed by atoms with E-state index in [0.717, 1.165) is 12.8 Å². The summed E-state index contributed by atoms with van der Waals surface area (Å²) in [4.78, 5) is 11.6. The Hall–Kier alpha value is -0.650. The van der Waals surface area contributed by atoms with E-state index >= 15 is 0 Å². The van der Waals surface area contributed by atoms with E-state index in [1.807, 2.05) is 0 Å². The van der Waals surface area contributed by atoms with Crippen LogP contribution in [0.2, 0.25) is 0 Å². The standard InChI is InChI=1S/C22H44O2.C4H10O3/c1-3-5-7-9-11-12-13-14-15-16-18-20-22(23)24-21-19-17-10-8-6-4-2;5-1-3-7-4-2-6/h3-21H2,1-2H3;5-6H,1-4H2. The average molecular weight is 447 g/mol. The Kier molecular flexibility index (Phi) is 33.1. The molecule has 0 radical (unpaired) electrons. The van der Waals surface area contributed by atoms with Gasteiger partial charge in [0.2, 0.25) is 0 Å². The number of unbranched alkanes of at least 4 members (excludes halogenated alkanes) is 15. The van der Waals surface area contributed by atoms with Crippen LogP contribution in [0.4, 0.5) is 0 Å². The number of aliphatic hydroxyl groups excluding tert-OH is 2. The molecule has 0 aromatic heterocycles. The van der Waals surface area contributed by atoms with Crippen molar-refractivity contribution in [2.24, 2.45) is 0 Å². The molecule has 0 bridgehead atoms. The van der Waals surface area contributed by atoms with Crippen molar-refractivity contribution in [3.63, 3.8) is 0 Å². The van der Waals surface area contributed by atoms with Crippen LogP contribution < -0.4 is 0 Å².